The third-order valence-electron chi connectivity index (χ3n) is 4.80. The average molecular weight is 468 g/mol. The number of thioether (sulfide) groups is 1. The average Bonchev–Trinajstić information content (AvgIpc) is 2.82. The minimum absolute atomic E-state index is 0.118. The highest BCUT2D eigenvalue weighted by Gasteiger charge is 2.27. The second-order valence-electron chi connectivity index (χ2n) is 7.12. The summed E-state index contributed by atoms with van der Waals surface area (Å²) in [6.45, 7) is 3.29. The van der Waals surface area contributed by atoms with E-state index in [1.807, 2.05) is 55.6 Å². The summed E-state index contributed by atoms with van der Waals surface area (Å²) in [5.41, 5.74) is 5.36. The van der Waals surface area contributed by atoms with Crippen molar-refractivity contribution in [3.8, 4) is 0 Å². The maximum absolute atomic E-state index is 13.4. The number of benzene rings is 3. The first-order chi connectivity index (χ1) is 15.3. The molecule has 8 heteroatoms. The zero-order valence-corrected chi connectivity index (χ0v) is 19.8. The Balaban J connectivity index is 1.87. The van der Waals surface area contributed by atoms with Crippen molar-refractivity contribution in [2.75, 3.05) is 17.1 Å². The standard InChI is InChI=1S/C24H25N3O3S2/c1-18-9-11-21(12-10-18)27(32(29,30)23-15-13-22(31-3)14-16-23)17-24(28)26-25-19(2)20-7-5-4-6-8-20/h4-16H,17H2,1-3H3,(H,26,28)/b25-19-. The molecule has 0 saturated heterocycles. The van der Waals surface area contributed by atoms with Gasteiger partial charge in [0.1, 0.15) is 6.54 Å². The van der Waals surface area contributed by atoms with E-state index in [0.29, 0.717) is 11.4 Å². The zero-order valence-electron chi connectivity index (χ0n) is 18.1. The summed E-state index contributed by atoms with van der Waals surface area (Å²) in [5, 5.41) is 4.13. The molecule has 1 N–H and O–H groups in total. The molecule has 0 spiro atoms. The molecule has 0 bridgehead atoms. The number of rotatable bonds is 8. The number of hydrogen-bond acceptors (Lipinski definition) is 5. The molecule has 6 nitrogen and oxygen atoms in total. The SMILES string of the molecule is CSc1ccc(S(=O)(=O)N(CC(=O)N/N=C(/C)c2ccccc2)c2ccc(C)cc2)cc1. The van der Waals surface area contributed by atoms with Crippen LogP contribution in [0.2, 0.25) is 0 Å². The van der Waals surface area contributed by atoms with Crippen molar-refractivity contribution < 1.29 is 13.2 Å². The van der Waals surface area contributed by atoms with Gasteiger partial charge < -0.3 is 0 Å². The lowest BCUT2D eigenvalue weighted by atomic mass is 10.1. The summed E-state index contributed by atoms with van der Waals surface area (Å²) in [5.74, 6) is -0.537. The molecule has 3 rings (SSSR count). The minimum atomic E-state index is -3.96. The predicted octanol–water partition coefficient (Wildman–Crippen LogP) is 4.45. The fraction of sp³-hybridized carbons (Fsp3) is 0.167. The Morgan fingerprint density at radius 1 is 0.969 bits per heavy atom. The van der Waals surface area contributed by atoms with Crippen LogP contribution in [0, 0.1) is 6.92 Å². The van der Waals surface area contributed by atoms with E-state index < -0.39 is 22.5 Å². The van der Waals surface area contributed by atoms with E-state index >= 15 is 0 Å². The van der Waals surface area contributed by atoms with Gasteiger partial charge >= 0.3 is 0 Å². The maximum Gasteiger partial charge on any atom is 0.264 e. The van der Waals surface area contributed by atoms with Crippen LogP contribution in [-0.2, 0) is 14.8 Å². The van der Waals surface area contributed by atoms with Gasteiger partial charge in [0.05, 0.1) is 16.3 Å². The molecule has 166 valence electrons. The molecule has 0 aromatic heterocycles. The number of aryl methyl sites for hydroxylation is 1. The zero-order chi connectivity index (χ0) is 23.1. The summed E-state index contributed by atoms with van der Waals surface area (Å²) in [4.78, 5) is 13.8. The number of hydrazone groups is 1. The second kappa shape index (κ2) is 10.5. The number of carbonyl (C=O) groups excluding carboxylic acids is 1. The number of amides is 1. The number of nitrogens with one attached hydrogen (secondary N) is 1. The highest BCUT2D eigenvalue weighted by atomic mass is 32.2. The first-order valence-corrected chi connectivity index (χ1v) is 12.6. The number of nitrogens with zero attached hydrogens (tertiary/aromatic N) is 2. The van der Waals surface area contributed by atoms with E-state index in [2.05, 4.69) is 10.5 Å². The maximum atomic E-state index is 13.4. The van der Waals surface area contributed by atoms with E-state index in [1.54, 1.807) is 43.3 Å². The van der Waals surface area contributed by atoms with Gasteiger partial charge in [-0.1, -0.05) is 48.0 Å². The van der Waals surface area contributed by atoms with Gasteiger partial charge in [-0.2, -0.15) is 5.10 Å². The summed E-state index contributed by atoms with van der Waals surface area (Å²) < 4.78 is 27.9. The molecule has 0 heterocycles. The normalized spacial score (nSPS) is 11.8. The minimum Gasteiger partial charge on any atom is -0.271 e. The van der Waals surface area contributed by atoms with E-state index in [-0.39, 0.29) is 4.90 Å². The molecule has 0 aliphatic carbocycles. The fourth-order valence-electron chi connectivity index (χ4n) is 2.96. The predicted molar refractivity (Wildman–Crippen MR) is 131 cm³/mol. The molecule has 0 fully saturated rings. The van der Waals surface area contributed by atoms with Crippen molar-refractivity contribution in [2.24, 2.45) is 5.10 Å². The molecule has 0 saturated carbocycles. The van der Waals surface area contributed by atoms with Crippen LogP contribution in [0.15, 0.2) is 93.8 Å². The highest BCUT2D eigenvalue weighted by molar-refractivity contribution is 7.98. The Morgan fingerprint density at radius 2 is 1.59 bits per heavy atom. The van der Waals surface area contributed by atoms with E-state index in [4.69, 9.17) is 0 Å². The van der Waals surface area contributed by atoms with E-state index in [0.717, 1.165) is 20.3 Å². The van der Waals surface area contributed by atoms with Crippen molar-refractivity contribution in [1.29, 1.82) is 0 Å². The van der Waals surface area contributed by atoms with Crippen LogP contribution in [0.5, 0.6) is 0 Å². The van der Waals surface area contributed by atoms with Gasteiger partial charge in [0.15, 0.2) is 0 Å². The Kier molecular flexibility index (Phi) is 7.71. The van der Waals surface area contributed by atoms with Crippen LogP contribution in [0.4, 0.5) is 5.69 Å². The summed E-state index contributed by atoms with van der Waals surface area (Å²) in [6.07, 6.45) is 1.92. The van der Waals surface area contributed by atoms with Crippen LogP contribution >= 0.6 is 11.8 Å². The highest BCUT2D eigenvalue weighted by Crippen LogP contribution is 2.25. The summed E-state index contributed by atoms with van der Waals surface area (Å²) in [6, 6.07) is 23.0. The number of hydrogen-bond donors (Lipinski definition) is 1. The molecule has 1 amide bonds. The topological polar surface area (TPSA) is 78.8 Å². The molecule has 0 atom stereocenters. The number of carbonyl (C=O) groups is 1. The Morgan fingerprint density at radius 3 is 2.19 bits per heavy atom. The summed E-state index contributed by atoms with van der Waals surface area (Å²) in [7, 11) is -3.96. The van der Waals surface area contributed by atoms with Gasteiger partial charge in [0.2, 0.25) is 0 Å². The van der Waals surface area contributed by atoms with Crippen LogP contribution < -0.4 is 9.73 Å². The second-order valence-corrected chi connectivity index (χ2v) is 9.86. The van der Waals surface area contributed by atoms with Crippen LogP contribution in [0.3, 0.4) is 0 Å². The first kappa shape index (κ1) is 23.6. The van der Waals surface area contributed by atoms with Crippen LogP contribution in [0.25, 0.3) is 0 Å². The molecular formula is C24H25N3O3S2. The van der Waals surface area contributed by atoms with Gasteiger partial charge in [-0.05, 0) is 62.1 Å². The molecule has 32 heavy (non-hydrogen) atoms. The first-order valence-electron chi connectivity index (χ1n) is 9.93. The summed E-state index contributed by atoms with van der Waals surface area (Å²) >= 11 is 1.53. The van der Waals surface area contributed by atoms with Gasteiger partial charge in [-0.25, -0.2) is 13.8 Å². The number of sulfonamides is 1. The van der Waals surface area contributed by atoms with Crippen LogP contribution in [0.1, 0.15) is 18.1 Å². The molecule has 0 aliphatic heterocycles. The van der Waals surface area contributed by atoms with Gasteiger partial charge in [0.25, 0.3) is 15.9 Å². The van der Waals surface area contributed by atoms with Crippen molar-refractivity contribution >= 4 is 39.1 Å². The lowest BCUT2D eigenvalue weighted by Crippen LogP contribution is -2.39. The Bertz CT molecular complexity index is 1190. The lowest BCUT2D eigenvalue weighted by Gasteiger charge is -2.24. The molecule has 0 aliphatic rings. The van der Waals surface area contributed by atoms with Gasteiger partial charge in [-0.15, -0.1) is 11.8 Å². The Labute approximate surface area is 193 Å². The van der Waals surface area contributed by atoms with Gasteiger partial charge in [-0.3, -0.25) is 9.10 Å². The van der Waals surface area contributed by atoms with Crippen molar-refractivity contribution in [3.63, 3.8) is 0 Å². The third kappa shape index (κ3) is 5.77. The fourth-order valence-corrected chi connectivity index (χ4v) is 4.79. The van der Waals surface area contributed by atoms with Gasteiger partial charge in [0, 0.05) is 4.90 Å². The molecule has 0 radical (unpaired) electrons. The van der Waals surface area contributed by atoms with Crippen molar-refractivity contribution in [1.82, 2.24) is 5.43 Å². The third-order valence-corrected chi connectivity index (χ3v) is 7.33. The molecule has 0 unspecified atom stereocenters. The molecule has 3 aromatic rings. The van der Waals surface area contributed by atoms with E-state index in [1.165, 1.54) is 11.8 Å². The monoisotopic (exact) mass is 467 g/mol. The number of anilines is 1. The smallest absolute Gasteiger partial charge is 0.264 e. The van der Waals surface area contributed by atoms with E-state index in [9.17, 15) is 13.2 Å². The van der Waals surface area contributed by atoms with Crippen LogP contribution in [-0.4, -0.2) is 32.8 Å². The Hall–Kier alpha value is -3.10. The van der Waals surface area contributed by atoms with Crippen molar-refractivity contribution in [2.45, 2.75) is 23.6 Å². The largest absolute Gasteiger partial charge is 0.271 e. The quantitative estimate of drug-likeness (QED) is 0.302. The molecular weight excluding hydrogens is 442 g/mol. The molecule has 3 aromatic carbocycles. The lowest BCUT2D eigenvalue weighted by molar-refractivity contribution is -0.119. The van der Waals surface area contributed by atoms with Crippen molar-refractivity contribution in [3.05, 3.63) is 90.0 Å².